The number of carbonyl (C=O) groups excluding carboxylic acids is 1. The van der Waals surface area contributed by atoms with Crippen molar-refractivity contribution in [2.24, 2.45) is 0 Å². The molecule has 1 aliphatic carbocycles. The zero-order chi connectivity index (χ0) is 17.2. The summed E-state index contributed by atoms with van der Waals surface area (Å²) in [6.07, 6.45) is 4.57. The van der Waals surface area contributed by atoms with E-state index < -0.39 is 10.0 Å². The van der Waals surface area contributed by atoms with Gasteiger partial charge in [0.2, 0.25) is 0 Å². The van der Waals surface area contributed by atoms with Crippen molar-refractivity contribution >= 4 is 27.3 Å². The maximum atomic E-state index is 12.5. The minimum atomic E-state index is -3.37. The Balaban J connectivity index is 1.53. The van der Waals surface area contributed by atoms with E-state index in [2.05, 4.69) is 5.32 Å². The van der Waals surface area contributed by atoms with Crippen molar-refractivity contribution in [1.29, 1.82) is 0 Å². The third-order valence-corrected chi connectivity index (χ3v) is 8.43. The molecule has 1 aromatic rings. The summed E-state index contributed by atoms with van der Waals surface area (Å²) < 4.78 is 27.0. The quantitative estimate of drug-likeness (QED) is 0.769. The van der Waals surface area contributed by atoms with Gasteiger partial charge in [-0.1, -0.05) is 18.9 Å². The monoisotopic (exact) mass is 372 g/mol. The molecule has 1 aliphatic heterocycles. The summed E-state index contributed by atoms with van der Waals surface area (Å²) >= 11 is 1.25. The van der Waals surface area contributed by atoms with Gasteiger partial charge in [0.15, 0.2) is 6.04 Å². The fourth-order valence-electron chi connectivity index (χ4n) is 3.57. The highest BCUT2D eigenvalue weighted by Crippen LogP contribution is 2.20. The molecule has 134 valence electrons. The average Bonchev–Trinajstić information content (AvgIpc) is 3.28. The summed E-state index contributed by atoms with van der Waals surface area (Å²) in [4.78, 5) is 13.6. The van der Waals surface area contributed by atoms with Crippen LogP contribution in [0, 0.1) is 0 Å². The normalized spacial score (nSPS) is 22.5. The fraction of sp³-hybridized carbons (Fsp3) is 0.688. The van der Waals surface area contributed by atoms with Crippen LogP contribution in [0.5, 0.6) is 0 Å². The number of amides is 1. The van der Waals surface area contributed by atoms with E-state index in [1.165, 1.54) is 29.1 Å². The second-order valence-electron chi connectivity index (χ2n) is 6.71. The smallest absolute Gasteiger partial charge is 0.278 e. The molecule has 0 unspecified atom stereocenters. The van der Waals surface area contributed by atoms with Gasteiger partial charge >= 0.3 is 0 Å². The molecule has 1 saturated heterocycles. The van der Waals surface area contributed by atoms with E-state index >= 15 is 0 Å². The predicted octanol–water partition coefficient (Wildman–Crippen LogP) is 0.0846. The molecule has 6 nitrogen and oxygen atoms in total. The standard InChI is InChI=1S/C16H25N3O3S2/c1-13(16(20)17-14-5-2-3-6-14)18-8-10-19(11-9-18)24(21,22)15-7-4-12-23-15/h4,7,12-14H,2-3,5-6,8-11H2,1H3,(H,17,20)/p+1/t13-/m1/s1. The zero-order valence-electron chi connectivity index (χ0n) is 14.0. The van der Waals surface area contributed by atoms with Crippen LogP contribution in [0.15, 0.2) is 21.7 Å². The Labute approximate surface area is 147 Å². The number of nitrogens with zero attached hydrogens (tertiary/aromatic N) is 1. The van der Waals surface area contributed by atoms with Crippen LogP contribution in [0.4, 0.5) is 0 Å². The Hall–Kier alpha value is -0.960. The molecule has 0 radical (unpaired) electrons. The van der Waals surface area contributed by atoms with Gasteiger partial charge in [0.1, 0.15) is 4.21 Å². The van der Waals surface area contributed by atoms with Gasteiger partial charge in [0, 0.05) is 6.04 Å². The molecule has 0 aromatic carbocycles. The Morgan fingerprint density at radius 2 is 2.00 bits per heavy atom. The molecule has 2 aliphatic rings. The van der Waals surface area contributed by atoms with Crippen LogP contribution in [0.25, 0.3) is 0 Å². The maximum Gasteiger partial charge on any atom is 0.278 e. The Morgan fingerprint density at radius 3 is 2.58 bits per heavy atom. The van der Waals surface area contributed by atoms with Crippen molar-refractivity contribution in [3.8, 4) is 0 Å². The van der Waals surface area contributed by atoms with Crippen molar-refractivity contribution in [1.82, 2.24) is 9.62 Å². The number of carbonyl (C=O) groups is 1. The number of thiophene rings is 1. The molecular formula is C16H26N3O3S2+. The highest BCUT2D eigenvalue weighted by molar-refractivity contribution is 7.91. The lowest BCUT2D eigenvalue weighted by Gasteiger charge is -2.34. The van der Waals surface area contributed by atoms with Crippen molar-refractivity contribution in [3.05, 3.63) is 17.5 Å². The second kappa shape index (κ2) is 7.51. The number of rotatable bonds is 5. The number of hydrogen-bond donors (Lipinski definition) is 2. The van der Waals surface area contributed by atoms with E-state index in [0.29, 0.717) is 36.4 Å². The Morgan fingerprint density at radius 1 is 1.33 bits per heavy atom. The number of piperazine rings is 1. The first-order valence-corrected chi connectivity index (χ1v) is 11.0. The predicted molar refractivity (Wildman–Crippen MR) is 93.6 cm³/mol. The van der Waals surface area contributed by atoms with Crippen LogP contribution < -0.4 is 10.2 Å². The van der Waals surface area contributed by atoms with Gasteiger partial charge in [-0.25, -0.2) is 8.42 Å². The van der Waals surface area contributed by atoms with Gasteiger partial charge in [0.25, 0.3) is 15.9 Å². The number of sulfonamides is 1. The zero-order valence-corrected chi connectivity index (χ0v) is 15.7. The van der Waals surface area contributed by atoms with Gasteiger partial charge in [-0.05, 0) is 31.2 Å². The maximum absolute atomic E-state index is 12.5. The van der Waals surface area contributed by atoms with E-state index in [0.717, 1.165) is 12.8 Å². The molecule has 1 aromatic heterocycles. The molecule has 2 N–H and O–H groups in total. The van der Waals surface area contributed by atoms with Gasteiger partial charge in [0.05, 0.1) is 26.2 Å². The fourth-order valence-corrected chi connectivity index (χ4v) is 6.15. The van der Waals surface area contributed by atoms with E-state index in [1.807, 2.05) is 6.92 Å². The number of quaternary nitrogens is 1. The van der Waals surface area contributed by atoms with Crippen molar-refractivity contribution < 1.29 is 18.1 Å². The summed E-state index contributed by atoms with van der Waals surface area (Å²) in [5, 5.41) is 4.93. The molecule has 2 fully saturated rings. The first-order valence-electron chi connectivity index (χ1n) is 8.67. The minimum absolute atomic E-state index is 0.103. The lowest BCUT2D eigenvalue weighted by Crippen LogP contribution is -3.19. The summed E-state index contributed by atoms with van der Waals surface area (Å²) in [5.74, 6) is 0.103. The lowest BCUT2D eigenvalue weighted by atomic mass is 10.2. The van der Waals surface area contributed by atoms with Crippen LogP contribution in [0.3, 0.4) is 0 Å². The number of hydrogen-bond acceptors (Lipinski definition) is 4. The minimum Gasteiger partial charge on any atom is -0.348 e. The highest BCUT2D eigenvalue weighted by Gasteiger charge is 2.35. The largest absolute Gasteiger partial charge is 0.348 e. The van der Waals surface area contributed by atoms with Crippen LogP contribution in [-0.4, -0.2) is 56.9 Å². The molecule has 0 spiro atoms. The summed E-state index contributed by atoms with van der Waals surface area (Å²) in [7, 11) is -3.37. The Bertz CT molecular complexity index is 646. The first kappa shape index (κ1) is 17.8. The van der Waals surface area contributed by atoms with Crippen molar-refractivity contribution in [2.75, 3.05) is 26.2 Å². The van der Waals surface area contributed by atoms with E-state index in [9.17, 15) is 13.2 Å². The summed E-state index contributed by atoms with van der Waals surface area (Å²) in [5.41, 5.74) is 0. The molecule has 8 heteroatoms. The molecule has 1 saturated carbocycles. The highest BCUT2D eigenvalue weighted by atomic mass is 32.2. The lowest BCUT2D eigenvalue weighted by molar-refractivity contribution is -0.917. The molecule has 24 heavy (non-hydrogen) atoms. The molecule has 2 heterocycles. The van der Waals surface area contributed by atoms with Crippen LogP contribution in [0.1, 0.15) is 32.6 Å². The molecule has 1 atom stereocenters. The molecule has 3 rings (SSSR count). The van der Waals surface area contributed by atoms with Crippen LogP contribution in [-0.2, 0) is 14.8 Å². The Kier molecular flexibility index (Phi) is 5.59. The van der Waals surface area contributed by atoms with E-state index in [4.69, 9.17) is 0 Å². The third-order valence-electron chi connectivity index (χ3n) is 5.16. The van der Waals surface area contributed by atoms with Crippen molar-refractivity contribution in [3.63, 3.8) is 0 Å². The first-order chi connectivity index (χ1) is 11.5. The summed E-state index contributed by atoms with van der Waals surface area (Å²) in [6, 6.07) is 3.61. The molecular weight excluding hydrogens is 346 g/mol. The van der Waals surface area contributed by atoms with Gasteiger partial charge in [-0.15, -0.1) is 11.3 Å². The van der Waals surface area contributed by atoms with Gasteiger partial charge in [-0.2, -0.15) is 4.31 Å². The number of nitrogens with one attached hydrogen (secondary N) is 2. The van der Waals surface area contributed by atoms with Crippen molar-refractivity contribution in [2.45, 2.75) is 48.9 Å². The van der Waals surface area contributed by atoms with Gasteiger partial charge in [-0.3, -0.25) is 4.79 Å². The van der Waals surface area contributed by atoms with E-state index in [1.54, 1.807) is 21.8 Å². The second-order valence-corrected chi connectivity index (χ2v) is 9.82. The summed E-state index contributed by atoms with van der Waals surface area (Å²) in [6.45, 7) is 4.23. The average molecular weight is 373 g/mol. The topological polar surface area (TPSA) is 70.9 Å². The molecule has 0 bridgehead atoms. The van der Waals surface area contributed by atoms with Crippen LogP contribution in [0.2, 0.25) is 0 Å². The third kappa shape index (κ3) is 3.82. The van der Waals surface area contributed by atoms with Crippen LogP contribution >= 0.6 is 11.3 Å². The SMILES string of the molecule is C[C@H](C(=O)NC1CCCC1)[NH+]1CCN(S(=O)(=O)c2cccs2)CC1. The molecule has 1 amide bonds. The van der Waals surface area contributed by atoms with Gasteiger partial charge < -0.3 is 10.2 Å². The van der Waals surface area contributed by atoms with E-state index in [-0.39, 0.29) is 11.9 Å².